The first-order chi connectivity index (χ1) is 4.93. The van der Waals surface area contributed by atoms with Crippen molar-refractivity contribution in [2.24, 2.45) is 0 Å². The van der Waals surface area contributed by atoms with Crippen molar-refractivity contribution in [2.75, 3.05) is 6.54 Å². The van der Waals surface area contributed by atoms with Crippen LogP contribution in [0, 0.1) is 11.8 Å². The molecule has 0 aromatic carbocycles. The van der Waals surface area contributed by atoms with E-state index in [0.717, 1.165) is 6.54 Å². The second-order valence-corrected chi connectivity index (χ2v) is 2.04. The van der Waals surface area contributed by atoms with Gasteiger partial charge in [0.25, 0.3) is 0 Å². The molecule has 1 heterocycles. The summed E-state index contributed by atoms with van der Waals surface area (Å²) in [5.41, 5.74) is 0. The first kappa shape index (κ1) is 9.52. The minimum Gasteiger partial charge on any atom is -0.304 e. The van der Waals surface area contributed by atoms with Crippen LogP contribution in [-0.2, 0) is 0 Å². The molecule has 0 aromatic heterocycles. The van der Waals surface area contributed by atoms with E-state index in [9.17, 15) is 0 Å². The van der Waals surface area contributed by atoms with Gasteiger partial charge in [-0.2, -0.15) is 0 Å². The van der Waals surface area contributed by atoms with Crippen molar-refractivity contribution < 1.29 is 0 Å². The van der Waals surface area contributed by atoms with Gasteiger partial charge in [-0.1, -0.05) is 19.8 Å². The first-order valence-electron chi connectivity index (χ1n) is 4.09. The van der Waals surface area contributed by atoms with E-state index in [1.807, 2.05) is 20.8 Å². The molecule has 1 atom stereocenters. The van der Waals surface area contributed by atoms with Crippen LogP contribution in [0.15, 0.2) is 0 Å². The summed E-state index contributed by atoms with van der Waals surface area (Å²) < 4.78 is 0. The molecule has 58 valence electrons. The van der Waals surface area contributed by atoms with Crippen molar-refractivity contribution in [3.05, 3.63) is 0 Å². The Labute approximate surface area is 64.2 Å². The molecule has 0 radical (unpaired) electrons. The van der Waals surface area contributed by atoms with E-state index in [4.69, 9.17) is 0 Å². The van der Waals surface area contributed by atoms with Crippen molar-refractivity contribution in [1.82, 2.24) is 5.32 Å². The van der Waals surface area contributed by atoms with Crippen LogP contribution in [0.4, 0.5) is 0 Å². The summed E-state index contributed by atoms with van der Waals surface area (Å²) >= 11 is 0. The molecule has 1 unspecified atom stereocenters. The summed E-state index contributed by atoms with van der Waals surface area (Å²) in [5.74, 6) is 5.98. The molecule has 0 spiro atoms. The predicted molar refractivity (Wildman–Crippen MR) is 45.8 cm³/mol. The van der Waals surface area contributed by atoms with Crippen molar-refractivity contribution in [3.8, 4) is 11.8 Å². The fraction of sp³-hybridized carbons (Fsp3) is 0.778. The molecular weight excluding hydrogens is 122 g/mol. The summed E-state index contributed by atoms with van der Waals surface area (Å²) in [7, 11) is 0. The lowest BCUT2D eigenvalue weighted by atomic mass is 10.2. The van der Waals surface area contributed by atoms with Crippen molar-refractivity contribution >= 4 is 0 Å². The predicted octanol–water partition coefficient (Wildman–Crippen LogP) is 1.79. The molecule has 1 nitrogen and oxygen atoms in total. The second-order valence-electron chi connectivity index (χ2n) is 2.04. The zero-order chi connectivity index (χ0) is 7.82. The molecule has 0 bridgehead atoms. The van der Waals surface area contributed by atoms with Gasteiger partial charge >= 0.3 is 0 Å². The molecule has 1 fully saturated rings. The normalized spacial score (nSPS) is 22.1. The maximum atomic E-state index is 3.28. The zero-order valence-corrected chi connectivity index (χ0v) is 7.20. The Morgan fingerprint density at radius 2 is 2.10 bits per heavy atom. The van der Waals surface area contributed by atoms with E-state index in [1.165, 1.54) is 12.8 Å². The lowest BCUT2D eigenvalue weighted by Crippen LogP contribution is -2.18. The number of hydrogen-bond donors (Lipinski definition) is 1. The fourth-order valence-electron chi connectivity index (χ4n) is 0.982. The molecule has 0 aliphatic carbocycles. The van der Waals surface area contributed by atoms with Crippen LogP contribution in [0.3, 0.4) is 0 Å². The fourth-order valence-corrected chi connectivity index (χ4v) is 0.982. The molecule has 10 heavy (non-hydrogen) atoms. The third-order valence-corrected chi connectivity index (χ3v) is 1.38. The second kappa shape index (κ2) is 6.64. The number of nitrogens with one attached hydrogen (secondary N) is 1. The summed E-state index contributed by atoms with van der Waals surface area (Å²) in [6.07, 6.45) is 2.53. The largest absolute Gasteiger partial charge is 0.304 e. The average Bonchev–Trinajstić information content (AvgIpc) is 2.46. The van der Waals surface area contributed by atoms with Gasteiger partial charge in [0.05, 0.1) is 6.04 Å². The van der Waals surface area contributed by atoms with E-state index in [1.54, 1.807) is 0 Å². The Kier molecular flexibility index (Phi) is 6.32. The molecule has 0 amide bonds. The van der Waals surface area contributed by atoms with Gasteiger partial charge in [0.15, 0.2) is 0 Å². The highest BCUT2D eigenvalue weighted by Crippen LogP contribution is 2.02. The third kappa shape index (κ3) is 3.53. The maximum absolute atomic E-state index is 3.28. The van der Waals surface area contributed by atoms with Gasteiger partial charge in [0.2, 0.25) is 0 Å². The minimum atomic E-state index is 0.500. The highest BCUT2D eigenvalue weighted by atomic mass is 14.9. The van der Waals surface area contributed by atoms with Crippen molar-refractivity contribution in [2.45, 2.75) is 39.7 Å². The van der Waals surface area contributed by atoms with Crippen LogP contribution in [0.5, 0.6) is 0 Å². The topological polar surface area (TPSA) is 12.0 Å². The first-order valence-corrected chi connectivity index (χ1v) is 4.09. The third-order valence-electron chi connectivity index (χ3n) is 1.38. The van der Waals surface area contributed by atoms with Crippen molar-refractivity contribution in [3.63, 3.8) is 0 Å². The minimum absolute atomic E-state index is 0.500. The molecule has 1 aliphatic rings. The van der Waals surface area contributed by atoms with Gasteiger partial charge in [-0.3, -0.25) is 0 Å². The molecule has 1 heteroatoms. The lowest BCUT2D eigenvalue weighted by molar-refractivity contribution is 0.749. The van der Waals surface area contributed by atoms with E-state index in [2.05, 4.69) is 17.2 Å². The Balaban J connectivity index is 0.000000371. The van der Waals surface area contributed by atoms with Crippen LogP contribution in [0.2, 0.25) is 0 Å². The highest BCUT2D eigenvalue weighted by molar-refractivity contribution is 5.06. The van der Waals surface area contributed by atoms with Crippen LogP contribution >= 0.6 is 0 Å². The Morgan fingerprint density at radius 1 is 1.40 bits per heavy atom. The van der Waals surface area contributed by atoms with Crippen LogP contribution in [0.25, 0.3) is 0 Å². The average molecular weight is 139 g/mol. The number of rotatable bonds is 0. The zero-order valence-electron chi connectivity index (χ0n) is 7.20. The molecule has 0 saturated carbocycles. The Hall–Kier alpha value is -0.480. The van der Waals surface area contributed by atoms with Crippen LogP contribution in [0.1, 0.15) is 33.6 Å². The van der Waals surface area contributed by atoms with Crippen LogP contribution < -0.4 is 5.32 Å². The molecule has 1 N–H and O–H groups in total. The van der Waals surface area contributed by atoms with E-state index in [0.29, 0.717) is 6.04 Å². The maximum Gasteiger partial charge on any atom is 0.0689 e. The molecular formula is C9H17N. The van der Waals surface area contributed by atoms with E-state index < -0.39 is 0 Å². The van der Waals surface area contributed by atoms with Gasteiger partial charge in [-0.15, -0.1) is 5.92 Å². The van der Waals surface area contributed by atoms with Gasteiger partial charge in [0.1, 0.15) is 0 Å². The molecule has 1 saturated heterocycles. The van der Waals surface area contributed by atoms with Gasteiger partial charge in [0, 0.05) is 0 Å². The number of hydrogen-bond acceptors (Lipinski definition) is 1. The monoisotopic (exact) mass is 139 g/mol. The molecule has 1 rings (SSSR count). The highest BCUT2D eigenvalue weighted by Gasteiger charge is 2.08. The van der Waals surface area contributed by atoms with Gasteiger partial charge in [-0.05, 0) is 26.3 Å². The van der Waals surface area contributed by atoms with E-state index >= 15 is 0 Å². The lowest BCUT2D eigenvalue weighted by Gasteiger charge is -1.95. The van der Waals surface area contributed by atoms with Gasteiger partial charge < -0.3 is 5.32 Å². The Bertz CT molecular complexity index is 112. The SMILES string of the molecule is CC.CC#CC1CCCN1. The van der Waals surface area contributed by atoms with Gasteiger partial charge in [-0.25, -0.2) is 0 Å². The summed E-state index contributed by atoms with van der Waals surface area (Å²) in [6, 6.07) is 0.500. The Morgan fingerprint density at radius 3 is 2.50 bits per heavy atom. The van der Waals surface area contributed by atoms with E-state index in [-0.39, 0.29) is 0 Å². The molecule has 0 aromatic rings. The smallest absolute Gasteiger partial charge is 0.0689 e. The summed E-state index contributed by atoms with van der Waals surface area (Å²) in [4.78, 5) is 0. The standard InChI is InChI=1S/C7H11N.C2H6/c1-2-4-7-5-3-6-8-7;1-2/h7-8H,3,5-6H2,1H3;1-2H3. The van der Waals surface area contributed by atoms with Crippen LogP contribution in [-0.4, -0.2) is 12.6 Å². The summed E-state index contributed by atoms with van der Waals surface area (Å²) in [6.45, 7) is 7.04. The van der Waals surface area contributed by atoms with Crippen molar-refractivity contribution in [1.29, 1.82) is 0 Å². The summed E-state index contributed by atoms with van der Waals surface area (Å²) in [5, 5.41) is 3.28. The molecule has 1 aliphatic heterocycles. The quantitative estimate of drug-likeness (QED) is 0.504.